The first-order valence-corrected chi connectivity index (χ1v) is 11.3. The molecule has 1 N–H and O–H groups in total. The Labute approximate surface area is 180 Å². The topological polar surface area (TPSA) is 56.8 Å². The van der Waals surface area contributed by atoms with Gasteiger partial charge in [-0.15, -0.1) is 11.8 Å². The third kappa shape index (κ3) is 6.93. The van der Waals surface area contributed by atoms with E-state index in [1.165, 1.54) is 0 Å². The number of hydrogen-bond acceptors (Lipinski definition) is 5. The first kappa shape index (κ1) is 24.1. The summed E-state index contributed by atoms with van der Waals surface area (Å²) in [5.41, 5.74) is -0.150. The first-order chi connectivity index (χ1) is 13.3. The van der Waals surface area contributed by atoms with Crippen molar-refractivity contribution in [3.8, 4) is 0 Å². The van der Waals surface area contributed by atoms with Crippen LogP contribution in [0.5, 0.6) is 0 Å². The van der Waals surface area contributed by atoms with Crippen LogP contribution < -0.4 is 10.8 Å². The van der Waals surface area contributed by atoms with E-state index in [2.05, 4.69) is 64.2 Å². The predicted octanol–water partition coefficient (Wildman–Crippen LogP) is 4.77. The molecule has 0 spiro atoms. The summed E-state index contributed by atoms with van der Waals surface area (Å²) < 4.78 is 17.6. The average molecular weight is 421 g/mol. The van der Waals surface area contributed by atoms with Gasteiger partial charge < -0.3 is 19.4 Å². The Morgan fingerprint density at radius 2 is 1.69 bits per heavy atom. The van der Waals surface area contributed by atoms with Gasteiger partial charge in [-0.2, -0.15) is 0 Å². The van der Waals surface area contributed by atoms with Crippen LogP contribution in [0.4, 0.5) is 4.79 Å². The fourth-order valence-corrected chi connectivity index (χ4v) is 4.11. The third-order valence-electron chi connectivity index (χ3n) is 5.19. The van der Waals surface area contributed by atoms with Gasteiger partial charge in [-0.05, 0) is 72.5 Å². The maximum absolute atomic E-state index is 11.9. The molecule has 1 aromatic carbocycles. The highest BCUT2D eigenvalue weighted by atomic mass is 32.2. The van der Waals surface area contributed by atoms with E-state index in [-0.39, 0.29) is 29.7 Å². The molecule has 1 unspecified atom stereocenters. The predicted molar refractivity (Wildman–Crippen MR) is 121 cm³/mol. The lowest BCUT2D eigenvalue weighted by atomic mass is 9.79. The highest BCUT2D eigenvalue weighted by molar-refractivity contribution is 8.00. The second-order valence-electron chi connectivity index (χ2n) is 9.57. The molecule has 1 saturated heterocycles. The summed E-state index contributed by atoms with van der Waals surface area (Å²) in [6, 6.07) is 8.33. The van der Waals surface area contributed by atoms with E-state index in [0.717, 1.165) is 23.2 Å². The summed E-state index contributed by atoms with van der Waals surface area (Å²) in [5.74, 6) is 0. The van der Waals surface area contributed by atoms with Crippen molar-refractivity contribution in [2.75, 3.05) is 6.54 Å². The van der Waals surface area contributed by atoms with Crippen molar-refractivity contribution in [2.24, 2.45) is 0 Å². The van der Waals surface area contributed by atoms with Crippen molar-refractivity contribution < 1.29 is 18.8 Å². The normalized spacial score (nSPS) is 19.1. The monoisotopic (exact) mass is 421 g/mol. The smallest absolute Gasteiger partial charge is 0.444 e. The van der Waals surface area contributed by atoms with Gasteiger partial charge in [-0.25, -0.2) is 4.79 Å². The molecule has 0 bridgehead atoms. The van der Waals surface area contributed by atoms with Crippen LogP contribution in [-0.4, -0.2) is 41.8 Å². The van der Waals surface area contributed by atoms with E-state index in [1.807, 2.05) is 20.8 Å². The highest BCUT2D eigenvalue weighted by Gasteiger charge is 2.51. The number of alkyl carbamates (subject to hydrolysis) is 1. The minimum Gasteiger partial charge on any atom is -0.444 e. The van der Waals surface area contributed by atoms with Crippen molar-refractivity contribution in [2.45, 2.75) is 95.2 Å². The Morgan fingerprint density at radius 1 is 1.14 bits per heavy atom. The van der Waals surface area contributed by atoms with E-state index < -0.39 is 5.60 Å². The van der Waals surface area contributed by atoms with Gasteiger partial charge in [-0.1, -0.05) is 25.5 Å². The summed E-state index contributed by atoms with van der Waals surface area (Å²) in [7, 11) is -0.348. The maximum Gasteiger partial charge on any atom is 0.494 e. The van der Waals surface area contributed by atoms with Gasteiger partial charge in [0.15, 0.2) is 0 Å². The zero-order chi connectivity index (χ0) is 21.9. The summed E-state index contributed by atoms with van der Waals surface area (Å²) in [6.45, 7) is 16.6. The molecule has 7 heteroatoms. The largest absolute Gasteiger partial charge is 0.494 e. The van der Waals surface area contributed by atoms with Gasteiger partial charge >= 0.3 is 13.2 Å². The fraction of sp³-hybridized carbons (Fsp3) is 0.682. The van der Waals surface area contributed by atoms with Crippen LogP contribution in [0.25, 0.3) is 0 Å². The zero-order valence-corrected chi connectivity index (χ0v) is 19.9. The van der Waals surface area contributed by atoms with Crippen LogP contribution in [0.2, 0.25) is 0 Å². The highest BCUT2D eigenvalue weighted by Crippen LogP contribution is 2.36. The maximum atomic E-state index is 11.9. The van der Waals surface area contributed by atoms with Crippen LogP contribution in [0.1, 0.15) is 68.2 Å². The molecule has 2 rings (SSSR count). The number of ether oxygens (including phenoxy) is 1. The molecule has 1 aromatic rings. The van der Waals surface area contributed by atoms with Gasteiger partial charge in [0, 0.05) is 16.7 Å². The Balaban J connectivity index is 1.95. The molecule has 5 nitrogen and oxygen atoms in total. The Bertz CT molecular complexity index is 669. The number of carbonyl (C=O) groups is 1. The number of amides is 1. The lowest BCUT2D eigenvalue weighted by Crippen LogP contribution is -2.41. The van der Waals surface area contributed by atoms with E-state index in [9.17, 15) is 4.79 Å². The molecule has 0 saturated carbocycles. The first-order valence-electron chi connectivity index (χ1n) is 10.4. The Kier molecular flexibility index (Phi) is 7.74. The zero-order valence-electron chi connectivity index (χ0n) is 19.1. The quantitative estimate of drug-likeness (QED) is 0.508. The van der Waals surface area contributed by atoms with Crippen molar-refractivity contribution >= 4 is 30.4 Å². The van der Waals surface area contributed by atoms with Crippen LogP contribution in [0.15, 0.2) is 29.2 Å². The molecular weight excluding hydrogens is 385 g/mol. The molecule has 0 aliphatic carbocycles. The van der Waals surface area contributed by atoms with Crippen molar-refractivity contribution in [3.63, 3.8) is 0 Å². The van der Waals surface area contributed by atoms with Crippen molar-refractivity contribution in [1.82, 2.24) is 5.32 Å². The standard InChI is InChI=1S/C22H36BNO4S/c1-9-10-18(15-24-19(25)26-20(2,3)4)29-17-13-11-16(12-14-17)23-27-21(5,6)22(7,8)28-23/h11-14,18H,9-10,15H2,1-8H3,(H,24,25). The lowest BCUT2D eigenvalue weighted by Gasteiger charge is -2.32. The molecule has 1 heterocycles. The van der Waals surface area contributed by atoms with Gasteiger partial charge in [0.05, 0.1) is 11.2 Å². The molecule has 1 fully saturated rings. The number of benzene rings is 1. The molecule has 1 aliphatic rings. The van der Waals surface area contributed by atoms with Gasteiger partial charge in [-0.3, -0.25) is 0 Å². The SMILES string of the molecule is CCCC(CNC(=O)OC(C)(C)C)Sc1ccc(B2OC(C)(C)C(C)(C)O2)cc1. The summed E-state index contributed by atoms with van der Waals surface area (Å²) in [5, 5.41) is 3.18. The molecule has 29 heavy (non-hydrogen) atoms. The van der Waals surface area contributed by atoms with Crippen LogP contribution >= 0.6 is 11.8 Å². The number of rotatable bonds is 7. The number of carbonyl (C=O) groups excluding carboxylic acids is 1. The lowest BCUT2D eigenvalue weighted by molar-refractivity contribution is 0.00578. The number of hydrogen-bond donors (Lipinski definition) is 1. The molecule has 1 aliphatic heterocycles. The second kappa shape index (κ2) is 9.31. The van der Waals surface area contributed by atoms with Crippen LogP contribution in [0, 0.1) is 0 Å². The molecule has 0 radical (unpaired) electrons. The van der Waals surface area contributed by atoms with Crippen molar-refractivity contribution in [3.05, 3.63) is 24.3 Å². The Morgan fingerprint density at radius 3 is 2.17 bits per heavy atom. The van der Waals surface area contributed by atoms with E-state index in [4.69, 9.17) is 14.0 Å². The number of thioether (sulfide) groups is 1. The van der Waals surface area contributed by atoms with Gasteiger partial charge in [0.2, 0.25) is 0 Å². The molecule has 162 valence electrons. The summed E-state index contributed by atoms with van der Waals surface area (Å²) >= 11 is 1.77. The van der Waals surface area contributed by atoms with E-state index >= 15 is 0 Å². The molecular formula is C22H36BNO4S. The molecule has 0 aromatic heterocycles. The average Bonchev–Trinajstić information content (AvgIpc) is 2.80. The third-order valence-corrected chi connectivity index (χ3v) is 6.47. The minimum atomic E-state index is -0.485. The van der Waals surface area contributed by atoms with Crippen LogP contribution in [0.3, 0.4) is 0 Å². The van der Waals surface area contributed by atoms with Crippen molar-refractivity contribution in [1.29, 1.82) is 0 Å². The minimum absolute atomic E-state index is 0.287. The summed E-state index contributed by atoms with van der Waals surface area (Å²) in [4.78, 5) is 13.1. The number of nitrogens with one attached hydrogen (secondary N) is 1. The molecule has 1 amide bonds. The second-order valence-corrected chi connectivity index (χ2v) is 10.9. The Hall–Kier alpha value is -1.18. The van der Waals surface area contributed by atoms with E-state index in [1.54, 1.807) is 11.8 Å². The van der Waals surface area contributed by atoms with Gasteiger partial charge in [0.25, 0.3) is 0 Å². The fourth-order valence-electron chi connectivity index (χ4n) is 2.91. The summed E-state index contributed by atoms with van der Waals surface area (Å²) in [6.07, 6.45) is 1.70. The van der Waals surface area contributed by atoms with Crippen LogP contribution in [-0.2, 0) is 14.0 Å². The van der Waals surface area contributed by atoms with Gasteiger partial charge in [0.1, 0.15) is 5.60 Å². The molecule has 1 atom stereocenters. The van der Waals surface area contributed by atoms with E-state index in [0.29, 0.717) is 6.54 Å².